The Kier molecular flexibility index (Phi) is 22.0. The van der Waals surface area contributed by atoms with Crippen molar-refractivity contribution in [3.63, 3.8) is 0 Å². The number of rotatable bonds is 22. The maximum Gasteiger partial charge on any atom is 0.329 e. The number of nitrogens with one attached hydrogen (secondary N) is 1. The number of thioether (sulfide) groups is 1. The zero-order valence-electron chi connectivity index (χ0n) is 19.7. The molecule has 5 heteroatoms. The van der Waals surface area contributed by atoms with Crippen molar-refractivity contribution >= 4 is 23.6 Å². The molecule has 176 valence electrons. The zero-order chi connectivity index (χ0) is 22.3. The molecule has 0 saturated heterocycles. The molecule has 0 aromatic rings. The first-order valence-corrected chi connectivity index (χ1v) is 13.5. The van der Waals surface area contributed by atoms with Gasteiger partial charge in [0.15, 0.2) is 0 Å². The predicted molar refractivity (Wildman–Crippen MR) is 131 cm³/mol. The van der Waals surface area contributed by atoms with E-state index in [1.165, 1.54) is 70.6 Å². The van der Waals surface area contributed by atoms with Gasteiger partial charge in [-0.05, 0) is 18.6 Å². The van der Waals surface area contributed by atoms with E-state index in [0.29, 0.717) is 12.2 Å². The lowest BCUT2D eigenvalue weighted by Crippen LogP contribution is -2.43. The van der Waals surface area contributed by atoms with Crippen LogP contribution in [0.1, 0.15) is 110 Å². The van der Waals surface area contributed by atoms with E-state index in [1.54, 1.807) is 17.8 Å². The van der Waals surface area contributed by atoms with Gasteiger partial charge in [-0.3, -0.25) is 4.79 Å². The third kappa shape index (κ3) is 19.0. The second-order valence-electron chi connectivity index (χ2n) is 8.11. The molecule has 1 amide bonds. The Morgan fingerprint density at radius 3 is 1.90 bits per heavy atom. The molecular formula is C25H47NO3S. The lowest BCUT2D eigenvalue weighted by atomic mass is 10.0. The summed E-state index contributed by atoms with van der Waals surface area (Å²) in [5.74, 6) is 1.13. The molecule has 0 rings (SSSR count). The van der Waals surface area contributed by atoms with E-state index in [0.717, 1.165) is 25.0 Å². The minimum Gasteiger partial charge on any atom is -0.460 e. The summed E-state index contributed by atoms with van der Waals surface area (Å²) in [7, 11) is 0. The molecule has 0 aliphatic heterocycles. The lowest BCUT2D eigenvalue weighted by molar-refractivity contribution is -0.146. The van der Waals surface area contributed by atoms with Gasteiger partial charge in [-0.25, -0.2) is 4.79 Å². The average Bonchev–Trinajstić information content (AvgIpc) is 2.74. The number of hydrogen-bond acceptors (Lipinski definition) is 4. The third-order valence-corrected chi connectivity index (χ3v) is 6.37. The fraction of sp³-hybridized carbons (Fsp3) is 0.840. The summed E-state index contributed by atoms with van der Waals surface area (Å²) in [6.45, 7) is 8.11. The second kappa shape index (κ2) is 22.7. The first-order valence-electron chi connectivity index (χ1n) is 12.3. The van der Waals surface area contributed by atoms with Crippen LogP contribution in [0.4, 0.5) is 0 Å². The van der Waals surface area contributed by atoms with Gasteiger partial charge < -0.3 is 10.1 Å². The summed E-state index contributed by atoms with van der Waals surface area (Å²) >= 11 is 1.67. The van der Waals surface area contributed by atoms with Crippen LogP contribution in [0, 0.1) is 0 Å². The first kappa shape index (κ1) is 29.0. The van der Waals surface area contributed by atoms with Crippen LogP contribution < -0.4 is 5.32 Å². The number of amides is 1. The van der Waals surface area contributed by atoms with Crippen LogP contribution in [0.25, 0.3) is 0 Å². The maximum atomic E-state index is 12.2. The molecule has 0 heterocycles. The number of carbonyl (C=O) groups excluding carboxylic acids is 2. The minimum atomic E-state index is -0.559. The number of hydrogen-bond donors (Lipinski definition) is 1. The number of unbranched alkanes of at least 4 members (excludes halogenated alkanes) is 12. The van der Waals surface area contributed by atoms with Gasteiger partial charge in [0.05, 0.1) is 0 Å². The van der Waals surface area contributed by atoms with Crippen LogP contribution in [0.15, 0.2) is 12.7 Å². The van der Waals surface area contributed by atoms with E-state index in [9.17, 15) is 9.59 Å². The molecule has 0 aliphatic rings. The van der Waals surface area contributed by atoms with E-state index >= 15 is 0 Å². The van der Waals surface area contributed by atoms with Gasteiger partial charge in [-0.2, -0.15) is 11.8 Å². The van der Waals surface area contributed by atoms with Gasteiger partial charge in [0.1, 0.15) is 12.6 Å². The molecule has 0 aliphatic carbocycles. The van der Waals surface area contributed by atoms with Gasteiger partial charge in [0.2, 0.25) is 5.91 Å². The summed E-state index contributed by atoms with van der Waals surface area (Å²) < 4.78 is 5.12. The number of carbonyl (C=O) groups is 2. The largest absolute Gasteiger partial charge is 0.460 e. The smallest absolute Gasteiger partial charge is 0.329 e. The van der Waals surface area contributed by atoms with Crippen molar-refractivity contribution < 1.29 is 14.3 Å². The Balaban J connectivity index is 3.74. The standard InChI is InChI=1S/C25H47NO3S/c1-4-7-8-9-10-11-12-13-14-15-16-17-18-19-24(27)26-23(22-30-21-6-3)25(28)29-20-5-2/h5,23H,2,4,6-22H2,1,3H3,(H,26,27)/t23-/m0/s1. The molecule has 0 spiro atoms. The molecule has 0 saturated carbocycles. The molecule has 0 aromatic carbocycles. The Labute approximate surface area is 190 Å². The molecule has 0 aromatic heterocycles. The van der Waals surface area contributed by atoms with E-state index in [2.05, 4.69) is 25.7 Å². The molecule has 0 radical (unpaired) electrons. The zero-order valence-corrected chi connectivity index (χ0v) is 20.5. The van der Waals surface area contributed by atoms with Gasteiger partial charge in [-0.1, -0.05) is 104 Å². The molecule has 0 unspecified atom stereocenters. The Hall–Kier alpha value is -0.970. The van der Waals surface area contributed by atoms with E-state index < -0.39 is 6.04 Å². The first-order chi connectivity index (χ1) is 14.7. The molecular weight excluding hydrogens is 394 g/mol. The molecule has 30 heavy (non-hydrogen) atoms. The lowest BCUT2D eigenvalue weighted by Gasteiger charge is -2.17. The van der Waals surface area contributed by atoms with Crippen molar-refractivity contribution in [2.75, 3.05) is 18.1 Å². The normalized spacial score (nSPS) is 11.8. The van der Waals surface area contributed by atoms with Crippen LogP contribution in [-0.4, -0.2) is 36.0 Å². The summed E-state index contributed by atoms with van der Waals surface area (Å²) in [5.41, 5.74) is 0. The van der Waals surface area contributed by atoms with Crippen molar-refractivity contribution in [1.29, 1.82) is 0 Å². The fourth-order valence-electron chi connectivity index (χ4n) is 3.33. The Bertz CT molecular complexity index is 429. The maximum absolute atomic E-state index is 12.2. The van der Waals surface area contributed by atoms with Crippen LogP contribution >= 0.6 is 11.8 Å². The highest BCUT2D eigenvalue weighted by Crippen LogP contribution is 2.13. The molecule has 1 atom stereocenters. The Morgan fingerprint density at radius 1 is 0.867 bits per heavy atom. The molecule has 0 bridgehead atoms. The highest BCUT2D eigenvalue weighted by molar-refractivity contribution is 7.99. The van der Waals surface area contributed by atoms with Crippen LogP contribution in [0.2, 0.25) is 0 Å². The molecule has 0 fully saturated rings. The van der Waals surface area contributed by atoms with Crippen molar-refractivity contribution in [1.82, 2.24) is 5.32 Å². The van der Waals surface area contributed by atoms with E-state index in [1.807, 2.05) is 0 Å². The van der Waals surface area contributed by atoms with Gasteiger partial charge in [0.25, 0.3) is 0 Å². The SMILES string of the molecule is C=CCOC(=O)[C@H](CSCCC)NC(=O)CCCCCCCCCCCCCCC. The van der Waals surface area contributed by atoms with Gasteiger partial charge in [-0.15, -0.1) is 0 Å². The van der Waals surface area contributed by atoms with Crippen LogP contribution in [0.5, 0.6) is 0 Å². The van der Waals surface area contributed by atoms with Crippen molar-refractivity contribution in [2.24, 2.45) is 0 Å². The third-order valence-electron chi connectivity index (χ3n) is 5.10. The average molecular weight is 442 g/mol. The number of ether oxygens (including phenoxy) is 1. The predicted octanol–water partition coefficient (Wildman–Crippen LogP) is 6.82. The van der Waals surface area contributed by atoms with Crippen molar-refractivity contribution in [2.45, 2.75) is 116 Å². The van der Waals surface area contributed by atoms with E-state index in [4.69, 9.17) is 4.74 Å². The highest BCUT2D eigenvalue weighted by atomic mass is 32.2. The van der Waals surface area contributed by atoms with E-state index in [-0.39, 0.29) is 18.5 Å². The van der Waals surface area contributed by atoms with Crippen molar-refractivity contribution in [3.05, 3.63) is 12.7 Å². The summed E-state index contributed by atoms with van der Waals surface area (Å²) in [4.78, 5) is 24.3. The van der Waals surface area contributed by atoms with Crippen LogP contribution in [-0.2, 0) is 14.3 Å². The number of esters is 1. The highest BCUT2D eigenvalue weighted by Gasteiger charge is 2.21. The topological polar surface area (TPSA) is 55.4 Å². The summed E-state index contributed by atoms with van der Waals surface area (Å²) in [6.07, 6.45) is 19.8. The van der Waals surface area contributed by atoms with Gasteiger partial charge >= 0.3 is 5.97 Å². The second-order valence-corrected chi connectivity index (χ2v) is 9.26. The summed E-state index contributed by atoms with van der Waals surface area (Å²) in [5, 5.41) is 2.86. The monoisotopic (exact) mass is 441 g/mol. The molecule has 1 N–H and O–H groups in total. The van der Waals surface area contributed by atoms with Crippen LogP contribution in [0.3, 0.4) is 0 Å². The molecule has 4 nitrogen and oxygen atoms in total. The summed E-state index contributed by atoms with van der Waals surface area (Å²) in [6, 6.07) is -0.559. The van der Waals surface area contributed by atoms with Crippen molar-refractivity contribution in [3.8, 4) is 0 Å². The fourth-order valence-corrected chi connectivity index (χ4v) is 4.24. The minimum absolute atomic E-state index is 0.0456. The van der Waals surface area contributed by atoms with Gasteiger partial charge in [0, 0.05) is 12.2 Å². The Morgan fingerprint density at radius 2 is 1.40 bits per heavy atom. The quantitative estimate of drug-likeness (QED) is 0.114.